The predicted molar refractivity (Wildman–Crippen MR) is 86.8 cm³/mol. The number of benzene rings is 1. The molecular formula is C16H19F2N3O4. The minimum atomic E-state index is -2.67. The summed E-state index contributed by atoms with van der Waals surface area (Å²) in [5.74, 6) is 1.33. The van der Waals surface area contributed by atoms with Gasteiger partial charge in [0.1, 0.15) is 36.6 Å². The number of alkyl halides is 2. The summed E-state index contributed by atoms with van der Waals surface area (Å²) in [5.41, 5.74) is 0.722. The zero-order chi connectivity index (χ0) is 18.4. The van der Waals surface area contributed by atoms with Crippen LogP contribution in [0.25, 0.3) is 0 Å². The SMILES string of the molecule is CON=C(COc1cc(C(F)F)nn1C)c1cc(OC)cc(OC)c1. The van der Waals surface area contributed by atoms with Gasteiger partial charge in [-0.2, -0.15) is 5.10 Å². The fourth-order valence-electron chi connectivity index (χ4n) is 2.10. The summed E-state index contributed by atoms with van der Waals surface area (Å²) in [7, 11) is 5.98. The number of ether oxygens (including phenoxy) is 3. The Hall–Kier alpha value is -2.84. The third-order valence-electron chi connectivity index (χ3n) is 3.32. The van der Waals surface area contributed by atoms with Crippen LogP contribution in [0.3, 0.4) is 0 Å². The Balaban J connectivity index is 2.24. The molecule has 25 heavy (non-hydrogen) atoms. The molecule has 0 saturated heterocycles. The summed E-state index contributed by atoms with van der Waals surface area (Å²) in [6.07, 6.45) is -2.67. The van der Waals surface area contributed by atoms with Crippen molar-refractivity contribution in [2.24, 2.45) is 12.2 Å². The lowest BCUT2D eigenvalue weighted by Crippen LogP contribution is -2.15. The number of nitrogens with zero attached hydrogens (tertiary/aromatic N) is 3. The van der Waals surface area contributed by atoms with Crippen molar-refractivity contribution in [2.45, 2.75) is 6.43 Å². The molecule has 1 heterocycles. The molecule has 0 bridgehead atoms. The summed E-state index contributed by atoms with van der Waals surface area (Å²) >= 11 is 0. The predicted octanol–water partition coefficient (Wildman–Crippen LogP) is 2.80. The Morgan fingerprint density at radius 1 is 1.12 bits per heavy atom. The summed E-state index contributed by atoms with van der Waals surface area (Å²) < 4.78 is 42.7. The highest BCUT2D eigenvalue weighted by Crippen LogP contribution is 2.24. The van der Waals surface area contributed by atoms with Crippen LogP contribution in [0, 0.1) is 0 Å². The van der Waals surface area contributed by atoms with Gasteiger partial charge in [-0.25, -0.2) is 13.5 Å². The van der Waals surface area contributed by atoms with E-state index in [1.54, 1.807) is 18.2 Å². The number of hydrogen-bond acceptors (Lipinski definition) is 6. The third kappa shape index (κ3) is 4.59. The van der Waals surface area contributed by atoms with E-state index in [0.717, 1.165) is 0 Å². The van der Waals surface area contributed by atoms with Gasteiger partial charge < -0.3 is 19.0 Å². The molecule has 0 atom stereocenters. The maximum Gasteiger partial charge on any atom is 0.282 e. The molecule has 0 spiro atoms. The van der Waals surface area contributed by atoms with Crippen molar-refractivity contribution in [3.63, 3.8) is 0 Å². The van der Waals surface area contributed by atoms with Crippen LogP contribution in [0.2, 0.25) is 0 Å². The molecule has 1 aromatic carbocycles. The van der Waals surface area contributed by atoms with Crippen molar-refractivity contribution >= 4 is 5.71 Å². The van der Waals surface area contributed by atoms with Crippen LogP contribution in [0.5, 0.6) is 17.4 Å². The summed E-state index contributed by atoms with van der Waals surface area (Å²) in [5, 5.41) is 7.63. The number of halogens is 2. The summed E-state index contributed by atoms with van der Waals surface area (Å²) in [6, 6.07) is 6.36. The smallest absolute Gasteiger partial charge is 0.282 e. The lowest BCUT2D eigenvalue weighted by Gasteiger charge is -2.11. The number of methoxy groups -OCH3 is 2. The Morgan fingerprint density at radius 3 is 2.24 bits per heavy atom. The average molecular weight is 355 g/mol. The van der Waals surface area contributed by atoms with E-state index < -0.39 is 6.43 Å². The Bertz CT molecular complexity index is 725. The van der Waals surface area contributed by atoms with E-state index in [1.165, 1.54) is 39.1 Å². The van der Waals surface area contributed by atoms with E-state index in [0.29, 0.717) is 22.8 Å². The fraction of sp³-hybridized carbons (Fsp3) is 0.375. The van der Waals surface area contributed by atoms with Crippen molar-refractivity contribution < 1.29 is 27.8 Å². The van der Waals surface area contributed by atoms with E-state index in [2.05, 4.69) is 10.3 Å². The van der Waals surface area contributed by atoms with Gasteiger partial charge in [0.15, 0.2) is 0 Å². The van der Waals surface area contributed by atoms with Gasteiger partial charge in [-0.05, 0) is 12.1 Å². The number of oxime groups is 1. The van der Waals surface area contributed by atoms with Crippen molar-refractivity contribution in [3.8, 4) is 17.4 Å². The van der Waals surface area contributed by atoms with Gasteiger partial charge in [0.05, 0.1) is 14.2 Å². The Morgan fingerprint density at radius 2 is 1.76 bits per heavy atom. The molecule has 9 heteroatoms. The number of aromatic nitrogens is 2. The minimum absolute atomic E-state index is 0.0215. The largest absolute Gasteiger partial charge is 0.497 e. The monoisotopic (exact) mass is 355 g/mol. The maximum absolute atomic E-state index is 12.7. The fourth-order valence-corrected chi connectivity index (χ4v) is 2.10. The molecule has 0 fully saturated rings. The lowest BCUT2D eigenvalue weighted by atomic mass is 10.1. The second-order valence-electron chi connectivity index (χ2n) is 4.94. The highest BCUT2D eigenvalue weighted by atomic mass is 19.3. The molecule has 0 amide bonds. The van der Waals surface area contributed by atoms with Gasteiger partial charge in [-0.3, -0.25) is 0 Å². The maximum atomic E-state index is 12.7. The Kier molecular flexibility index (Phi) is 6.15. The first-order valence-corrected chi connectivity index (χ1v) is 7.26. The normalized spacial score (nSPS) is 11.6. The van der Waals surface area contributed by atoms with Crippen LogP contribution in [0.4, 0.5) is 8.78 Å². The molecule has 0 aliphatic rings. The second kappa shape index (κ2) is 8.32. The van der Waals surface area contributed by atoms with Gasteiger partial charge in [-0.1, -0.05) is 5.16 Å². The van der Waals surface area contributed by atoms with Crippen molar-refractivity contribution in [2.75, 3.05) is 27.9 Å². The first kappa shape index (κ1) is 18.5. The molecule has 2 rings (SSSR count). The first-order chi connectivity index (χ1) is 12.0. The van der Waals surface area contributed by atoms with E-state index in [9.17, 15) is 8.78 Å². The standard InChI is InChI=1S/C16H19F2N3O4/c1-21-15(8-13(19-21)16(17)18)25-9-14(20-24-4)10-5-11(22-2)7-12(6-10)23-3/h5-8,16H,9H2,1-4H3. The van der Waals surface area contributed by atoms with E-state index in [4.69, 9.17) is 19.0 Å². The van der Waals surface area contributed by atoms with E-state index in [1.807, 2.05) is 0 Å². The van der Waals surface area contributed by atoms with Crippen molar-refractivity contribution in [1.29, 1.82) is 0 Å². The molecule has 2 aromatic rings. The van der Waals surface area contributed by atoms with Crippen LogP contribution in [0.15, 0.2) is 29.4 Å². The van der Waals surface area contributed by atoms with Crippen LogP contribution in [-0.4, -0.2) is 43.4 Å². The highest BCUT2D eigenvalue weighted by Gasteiger charge is 2.16. The quantitative estimate of drug-likeness (QED) is 0.538. The lowest BCUT2D eigenvalue weighted by molar-refractivity contribution is 0.145. The van der Waals surface area contributed by atoms with Crippen molar-refractivity contribution in [1.82, 2.24) is 9.78 Å². The second-order valence-corrected chi connectivity index (χ2v) is 4.94. The van der Waals surface area contributed by atoms with Gasteiger partial charge in [-0.15, -0.1) is 0 Å². The van der Waals surface area contributed by atoms with Crippen molar-refractivity contribution in [3.05, 3.63) is 35.5 Å². The average Bonchev–Trinajstić information content (AvgIpc) is 2.99. The first-order valence-electron chi connectivity index (χ1n) is 7.26. The number of aryl methyl sites for hydroxylation is 1. The molecule has 136 valence electrons. The molecule has 0 unspecified atom stereocenters. The third-order valence-corrected chi connectivity index (χ3v) is 3.32. The number of rotatable bonds is 8. The molecule has 0 aliphatic heterocycles. The van der Waals surface area contributed by atoms with Gasteiger partial charge in [0.2, 0.25) is 5.88 Å². The minimum Gasteiger partial charge on any atom is -0.497 e. The molecular weight excluding hydrogens is 336 g/mol. The summed E-state index contributed by atoms with van der Waals surface area (Å²) in [6.45, 7) is -0.0215. The molecule has 1 aromatic heterocycles. The molecule has 0 N–H and O–H groups in total. The van der Waals surface area contributed by atoms with Crippen LogP contribution in [0.1, 0.15) is 17.7 Å². The Labute approximate surface area is 143 Å². The van der Waals surface area contributed by atoms with Crippen LogP contribution < -0.4 is 14.2 Å². The molecule has 7 nitrogen and oxygen atoms in total. The van der Waals surface area contributed by atoms with Crippen LogP contribution in [-0.2, 0) is 11.9 Å². The number of hydrogen-bond donors (Lipinski definition) is 0. The molecule has 0 saturated carbocycles. The van der Waals surface area contributed by atoms with E-state index in [-0.39, 0.29) is 18.2 Å². The molecule has 0 radical (unpaired) electrons. The van der Waals surface area contributed by atoms with Crippen LogP contribution >= 0.6 is 0 Å². The zero-order valence-electron chi connectivity index (χ0n) is 14.3. The van der Waals surface area contributed by atoms with Gasteiger partial charge >= 0.3 is 0 Å². The molecule has 0 aliphatic carbocycles. The van der Waals surface area contributed by atoms with E-state index >= 15 is 0 Å². The topological polar surface area (TPSA) is 67.1 Å². The highest BCUT2D eigenvalue weighted by molar-refractivity contribution is 6.02. The zero-order valence-corrected chi connectivity index (χ0v) is 14.3. The van der Waals surface area contributed by atoms with Gasteiger partial charge in [0.25, 0.3) is 6.43 Å². The van der Waals surface area contributed by atoms with Gasteiger partial charge in [0, 0.05) is 24.7 Å². The summed E-state index contributed by atoms with van der Waals surface area (Å²) in [4.78, 5) is 4.85.